The Bertz CT molecular complexity index is 406. The van der Waals surface area contributed by atoms with Crippen molar-refractivity contribution in [1.29, 1.82) is 0 Å². The second-order valence-corrected chi connectivity index (χ2v) is 5.60. The zero-order valence-electron chi connectivity index (χ0n) is 10.3. The number of piperidine rings is 2. The van der Waals surface area contributed by atoms with Crippen LogP contribution in [0, 0.1) is 6.92 Å². The first kappa shape index (κ1) is 11.2. The Kier molecular flexibility index (Phi) is 2.68. The number of aliphatic hydroxyl groups is 1. The number of hydrogen-bond acceptors (Lipinski definition) is 3. The molecule has 2 bridgehead atoms. The number of pyridine rings is 1. The summed E-state index contributed by atoms with van der Waals surface area (Å²) in [7, 11) is 0. The highest BCUT2D eigenvalue weighted by Gasteiger charge is 2.43. The molecule has 3 heterocycles. The minimum absolute atomic E-state index is 0.467. The van der Waals surface area contributed by atoms with E-state index in [4.69, 9.17) is 0 Å². The van der Waals surface area contributed by atoms with E-state index in [1.807, 2.05) is 19.1 Å². The molecule has 2 aliphatic heterocycles. The Balaban J connectivity index is 1.93. The van der Waals surface area contributed by atoms with E-state index in [1.54, 1.807) is 6.20 Å². The molecule has 2 unspecified atom stereocenters. The molecule has 0 aliphatic carbocycles. The quantitative estimate of drug-likeness (QED) is 0.777. The van der Waals surface area contributed by atoms with Crippen molar-refractivity contribution < 1.29 is 5.11 Å². The molecule has 0 amide bonds. The summed E-state index contributed by atoms with van der Waals surface area (Å²) in [5, 5.41) is 14.5. The van der Waals surface area contributed by atoms with E-state index in [-0.39, 0.29) is 0 Å². The van der Waals surface area contributed by atoms with Gasteiger partial charge in [0, 0.05) is 18.3 Å². The molecule has 92 valence electrons. The normalized spacial score (nSPS) is 36.8. The van der Waals surface area contributed by atoms with Crippen LogP contribution < -0.4 is 5.32 Å². The van der Waals surface area contributed by atoms with Gasteiger partial charge < -0.3 is 10.4 Å². The lowest BCUT2D eigenvalue weighted by Gasteiger charge is -2.45. The maximum atomic E-state index is 10.9. The molecule has 2 fully saturated rings. The standard InChI is InChI=1S/C14H20N2O/c1-10-4-3-7-15-13(10)14(17)8-11-5-2-6-12(9-14)16-11/h3-4,7,11-12,16-17H,2,5-6,8-9H2,1H3. The molecular formula is C14H20N2O. The minimum atomic E-state index is -0.716. The lowest BCUT2D eigenvalue weighted by molar-refractivity contribution is -0.0397. The molecule has 0 aromatic carbocycles. The maximum Gasteiger partial charge on any atom is 0.110 e. The monoisotopic (exact) mass is 232 g/mol. The molecule has 3 rings (SSSR count). The summed E-state index contributed by atoms with van der Waals surface area (Å²) >= 11 is 0. The van der Waals surface area contributed by atoms with Crippen LogP contribution in [0.3, 0.4) is 0 Å². The molecule has 3 nitrogen and oxygen atoms in total. The third-order valence-corrected chi connectivity index (χ3v) is 4.19. The molecule has 17 heavy (non-hydrogen) atoms. The first-order chi connectivity index (χ1) is 8.17. The lowest BCUT2D eigenvalue weighted by atomic mass is 9.75. The molecule has 1 aromatic rings. The van der Waals surface area contributed by atoms with E-state index >= 15 is 0 Å². The fourth-order valence-corrected chi connectivity index (χ4v) is 3.50. The summed E-state index contributed by atoms with van der Waals surface area (Å²) in [6, 6.07) is 4.91. The third kappa shape index (κ3) is 1.98. The van der Waals surface area contributed by atoms with Gasteiger partial charge >= 0.3 is 0 Å². The van der Waals surface area contributed by atoms with Crippen LogP contribution in [0.25, 0.3) is 0 Å². The van der Waals surface area contributed by atoms with Gasteiger partial charge in [-0.05, 0) is 44.2 Å². The third-order valence-electron chi connectivity index (χ3n) is 4.19. The Labute approximate surface area is 102 Å². The van der Waals surface area contributed by atoms with Gasteiger partial charge in [0.2, 0.25) is 0 Å². The Morgan fingerprint density at radius 3 is 2.71 bits per heavy atom. The minimum Gasteiger partial charge on any atom is -0.383 e. The molecule has 0 spiro atoms. The Hall–Kier alpha value is -0.930. The second-order valence-electron chi connectivity index (χ2n) is 5.60. The molecule has 2 N–H and O–H groups in total. The fourth-order valence-electron chi connectivity index (χ4n) is 3.50. The average molecular weight is 232 g/mol. The number of nitrogens with one attached hydrogen (secondary N) is 1. The number of aryl methyl sites for hydroxylation is 1. The Morgan fingerprint density at radius 2 is 2.06 bits per heavy atom. The molecule has 2 saturated heterocycles. The summed E-state index contributed by atoms with van der Waals surface area (Å²) in [5.41, 5.74) is 1.28. The van der Waals surface area contributed by atoms with Crippen LogP contribution in [0.1, 0.15) is 43.4 Å². The number of fused-ring (bicyclic) bond motifs is 2. The van der Waals surface area contributed by atoms with Gasteiger partial charge in [-0.2, -0.15) is 0 Å². The fraction of sp³-hybridized carbons (Fsp3) is 0.643. The largest absolute Gasteiger partial charge is 0.383 e. The second kappa shape index (κ2) is 4.07. The van der Waals surface area contributed by atoms with Gasteiger partial charge in [-0.15, -0.1) is 0 Å². The molecular weight excluding hydrogens is 212 g/mol. The lowest BCUT2D eigenvalue weighted by Crippen LogP contribution is -2.54. The predicted octanol–water partition coefficient (Wildman–Crippen LogP) is 1.88. The van der Waals surface area contributed by atoms with Crippen LogP contribution in [-0.4, -0.2) is 22.2 Å². The number of hydrogen-bond donors (Lipinski definition) is 2. The van der Waals surface area contributed by atoms with Crippen molar-refractivity contribution >= 4 is 0 Å². The zero-order chi connectivity index (χ0) is 11.9. The molecule has 1 aromatic heterocycles. The van der Waals surface area contributed by atoms with Crippen LogP contribution in [0.4, 0.5) is 0 Å². The molecule has 2 atom stereocenters. The van der Waals surface area contributed by atoms with Crippen LogP contribution in [0.15, 0.2) is 18.3 Å². The van der Waals surface area contributed by atoms with Crippen LogP contribution in [0.5, 0.6) is 0 Å². The van der Waals surface area contributed by atoms with Gasteiger partial charge in [0.25, 0.3) is 0 Å². The smallest absolute Gasteiger partial charge is 0.110 e. The number of rotatable bonds is 1. The van der Waals surface area contributed by atoms with E-state index in [0.29, 0.717) is 12.1 Å². The molecule has 2 aliphatic rings. The topological polar surface area (TPSA) is 45.2 Å². The van der Waals surface area contributed by atoms with Crippen molar-refractivity contribution in [2.45, 2.75) is 56.7 Å². The van der Waals surface area contributed by atoms with Gasteiger partial charge in [0.1, 0.15) is 5.60 Å². The van der Waals surface area contributed by atoms with Gasteiger partial charge in [-0.1, -0.05) is 12.5 Å². The van der Waals surface area contributed by atoms with E-state index in [2.05, 4.69) is 10.3 Å². The van der Waals surface area contributed by atoms with Crippen LogP contribution in [0.2, 0.25) is 0 Å². The maximum absolute atomic E-state index is 10.9. The van der Waals surface area contributed by atoms with Crippen molar-refractivity contribution in [3.63, 3.8) is 0 Å². The van der Waals surface area contributed by atoms with E-state index < -0.39 is 5.60 Å². The zero-order valence-corrected chi connectivity index (χ0v) is 10.3. The van der Waals surface area contributed by atoms with E-state index in [1.165, 1.54) is 19.3 Å². The summed E-state index contributed by atoms with van der Waals surface area (Å²) < 4.78 is 0. The van der Waals surface area contributed by atoms with Crippen molar-refractivity contribution in [3.05, 3.63) is 29.6 Å². The van der Waals surface area contributed by atoms with Crippen molar-refractivity contribution in [3.8, 4) is 0 Å². The molecule has 0 saturated carbocycles. The highest BCUT2D eigenvalue weighted by molar-refractivity contribution is 5.25. The van der Waals surface area contributed by atoms with Crippen molar-refractivity contribution in [1.82, 2.24) is 10.3 Å². The summed E-state index contributed by atoms with van der Waals surface area (Å²) in [5.74, 6) is 0. The van der Waals surface area contributed by atoms with Gasteiger partial charge in [-0.3, -0.25) is 4.98 Å². The Morgan fingerprint density at radius 1 is 1.35 bits per heavy atom. The molecule has 3 heteroatoms. The van der Waals surface area contributed by atoms with Crippen molar-refractivity contribution in [2.24, 2.45) is 0 Å². The summed E-state index contributed by atoms with van der Waals surface area (Å²) in [6.45, 7) is 2.04. The van der Waals surface area contributed by atoms with Crippen LogP contribution in [-0.2, 0) is 5.60 Å². The first-order valence-corrected chi connectivity index (χ1v) is 6.58. The number of aromatic nitrogens is 1. The first-order valence-electron chi connectivity index (χ1n) is 6.58. The SMILES string of the molecule is Cc1cccnc1C1(O)CC2CCCC(C1)N2. The highest BCUT2D eigenvalue weighted by Crippen LogP contribution is 2.39. The number of nitrogens with zero attached hydrogens (tertiary/aromatic N) is 1. The van der Waals surface area contributed by atoms with Gasteiger partial charge in [0.15, 0.2) is 0 Å². The van der Waals surface area contributed by atoms with Gasteiger partial charge in [-0.25, -0.2) is 0 Å². The predicted molar refractivity (Wildman–Crippen MR) is 66.7 cm³/mol. The molecule has 0 radical (unpaired) electrons. The van der Waals surface area contributed by atoms with E-state index in [9.17, 15) is 5.11 Å². The average Bonchev–Trinajstić information content (AvgIpc) is 2.28. The van der Waals surface area contributed by atoms with E-state index in [0.717, 1.165) is 24.1 Å². The van der Waals surface area contributed by atoms with Crippen LogP contribution >= 0.6 is 0 Å². The van der Waals surface area contributed by atoms with Crippen molar-refractivity contribution in [2.75, 3.05) is 0 Å². The summed E-state index contributed by atoms with van der Waals surface area (Å²) in [4.78, 5) is 4.42. The highest BCUT2D eigenvalue weighted by atomic mass is 16.3. The summed E-state index contributed by atoms with van der Waals surface area (Å²) in [6.07, 6.45) is 7.07. The van der Waals surface area contributed by atoms with Gasteiger partial charge in [0.05, 0.1) is 5.69 Å².